The first-order valence-corrected chi connectivity index (χ1v) is 12.1. The largest absolute Gasteiger partial charge is 0.402 e. The van der Waals surface area contributed by atoms with Gasteiger partial charge in [-0.25, -0.2) is 0 Å². The summed E-state index contributed by atoms with van der Waals surface area (Å²) in [5, 5.41) is 0. The van der Waals surface area contributed by atoms with Gasteiger partial charge in [0.25, 0.3) is 0 Å². The molecule has 1 aliphatic rings. The molecule has 0 aromatic carbocycles. The van der Waals surface area contributed by atoms with E-state index in [4.69, 9.17) is 4.43 Å². The van der Waals surface area contributed by atoms with Gasteiger partial charge < -0.3 is 4.43 Å². The lowest BCUT2D eigenvalue weighted by molar-refractivity contribution is -0.123. The summed E-state index contributed by atoms with van der Waals surface area (Å²) < 4.78 is 6.87. The molecule has 0 spiro atoms. The van der Waals surface area contributed by atoms with Crippen molar-refractivity contribution in [1.82, 2.24) is 0 Å². The molecule has 0 aromatic heterocycles. The van der Waals surface area contributed by atoms with Crippen LogP contribution in [0.15, 0.2) is 11.6 Å². The van der Waals surface area contributed by atoms with Crippen LogP contribution in [0.3, 0.4) is 0 Å². The molecule has 0 saturated carbocycles. The molecular weight excluding hydrogens is 324 g/mol. The van der Waals surface area contributed by atoms with Gasteiger partial charge in [0.05, 0.1) is 0 Å². The lowest BCUT2D eigenvalue weighted by atomic mass is 9.93. The van der Waals surface area contributed by atoms with Crippen LogP contribution in [0.4, 0.5) is 0 Å². The predicted molar refractivity (Wildman–Crippen MR) is 110 cm³/mol. The Kier molecular flexibility index (Phi) is 8.64. The fourth-order valence-corrected chi connectivity index (χ4v) is 10.0. The Morgan fingerprint density at radius 1 is 1.12 bits per heavy atom. The second kappa shape index (κ2) is 9.74. The number of hydrogen-bond acceptors (Lipinski definition) is 2. The summed E-state index contributed by atoms with van der Waals surface area (Å²) in [4.78, 5) is 12.5. The lowest BCUT2D eigenvalue weighted by Crippen LogP contribution is -2.50. The van der Waals surface area contributed by atoms with Gasteiger partial charge in [0, 0.05) is 12.3 Å². The van der Waals surface area contributed by atoms with Gasteiger partial charge in [-0.05, 0) is 49.7 Å². The number of ketones is 1. The molecule has 3 heteroatoms. The highest BCUT2D eigenvalue weighted by Gasteiger charge is 2.46. The zero-order valence-electron chi connectivity index (χ0n) is 17.6. The first-order chi connectivity index (χ1) is 11.6. The van der Waals surface area contributed by atoms with E-state index >= 15 is 0 Å². The average molecular weight is 363 g/mol. The number of Topliss-reactive ketones (excluding diaryl/α,β-unsaturated/α-hetero) is 1. The Morgan fingerprint density at radius 3 is 2.16 bits per heavy atom. The van der Waals surface area contributed by atoms with Gasteiger partial charge in [-0.1, -0.05) is 59.1 Å². The van der Waals surface area contributed by atoms with E-state index in [9.17, 15) is 4.79 Å². The molecule has 0 N–H and O–H groups in total. The number of rotatable bonds is 7. The molecule has 2 unspecified atom stereocenters. The van der Waals surface area contributed by atoms with Crippen LogP contribution in [-0.2, 0) is 9.22 Å². The minimum Gasteiger partial charge on any atom is -0.402 e. The zero-order valence-corrected chi connectivity index (χ0v) is 18.6. The number of carbonyl (C=O) groups excluding carboxylic acids is 1. The topological polar surface area (TPSA) is 26.3 Å². The van der Waals surface area contributed by atoms with E-state index in [1.54, 1.807) is 0 Å². The van der Waals surface area contributed by atoms with Crippen molar-refractivity contribution in [3.63, 3.8) is 0 Å². The lowest BCUT2D eigenvalue weighted by Gasteiger charge is -2.44. The van der Waals surface area contributed by atoms with Crippen LogP contribution in [0.2, 0.25) is 16.6 Å². The first kappa shape index (κ1) is 22.2. The Labute approximate surface area is 156 Å². The van der Waals surface area contributed by atoms with Crippen molar-refractivity contribution >= 4 is 14.1 Å². The van der Waals surface area contributed by atoms with E-state index in [2.05, 4.69) is 66.4 Å². The van der Waals surface area contributed by atoms with Crippen molar-refractivity contribution in [2.45, 2.75) is 104 Å². The van der Waals surface area contributed by atoms with E-state index in [1.807, 2.05) is 6.92 Å². The maximum absolute atomic E-state index is 12.5. The van der Waals surface area contributed by atoms with Crippen LogP contribution in [0.1, 0.15) is 81.1 Å². The monoisotopic (exact) mass is 362 g/mol. The van der Waals surface area contributed by atoms with E-state index in [0.717, 1.165) is 19.3 Å². The van der Waals surface area contributed by atoms with Gasteiger partial charge in [0.15, 0.2) is 0 Å². The molecule has 142 valence electrons. The molecule has 25 heavy (non-hydrogen) atoms. The van der Waals surface area contributed by atoms with Crippen molar-refractivity contribution in [2.75, 3.05) is 0 Å². The van der Waals surface area contributed by atoms with Gasteiger partial charge in [-0.3, -0.25) is 4.79 Å². The van der Waals surface area contributed by atoms with Crippen molar-refractivity contribution in [3.8, 4) is 11.8 Å². The van der Waals surface area contributed by atoms with E-state index in [-0.39, 0.29) is 12.0 Å². The van der Waals surface area contributed by atoms with Gasteiger partial charge in [-0.2, -0.15) is 0 Å². The Balaban J connectivity index is 3.05. The molecule has 1 rings (SSSR count). The van der Waals surface area contributed by atoms with E-state index in [1.165, 1.54) is 5.57 Å². The van der Waals surface area contributed by atoms with Crippen LogP contribution in [-0.4, -0.2) is 20.2 Å². The summed E-state index contributed by atoms with van der Waals surface area (Å²) in [7, 11) is -1.99. The van der Waals surface area contributed by atoms with Gasteiger partial charge >= 0.3 is 0 Å². The van der Waals surface area contributed by atoms with Crippen LogP contribution < -0.4 is 0 Å². The fourth-order valence-electron chi connectivity index (χ4n) is 4.54. The molecule has 2 atom stereocenters. The maximum Gasteiger partial charge on any atom is 0.202 e. The molecular formula is C22H38O2Si. The molecule has 0 amide bonds. The van der Waals surface area contributed by atoms with Crippen LogP contribution in [0, 0.1) is 17.8 Å². The Morgan fingerprint density at radius 2 is 1.68 bits per heavy atom. The van der Waals surface area contributed by atoms with Crippen LogP contribution in [0.25, 0.3) is 0 Å². The fraction of sp³-hybridized carbons (Fsp3) is 0.773. The molecule has 0 aromatic rings. The summed E-state index contributed by atoms with van der Waals surface area (Å²) in [6.45, 7) is 17.8. The SMILES string of the molecule is CC#CC(CC1CC=C(C)CCC1=O)O[Si](C(C)C)(C(C)C)C(C)C. The molecule has 0 radical (unpaired) electrons. The van der Waals surface area contributed by atoms with Crippen molar-refractivity contribution < 1.29 is 9.22 Å². The summed E-state index contributed by atoms with van der Waals surface area (Å²) in [5.41, 5.74) is 2.92. The average Bonchev–Trinajstić information content (AvgIpc) is 2.67. The number of carbonyl (C=O) groups is 1. The normalized spacial score (nSPS) is 20.4. The zero-order chi connectivity index (χ0) is 19.2. The highest BCUT2D eigenvalue weighted by Crippen LogP contribution is 2.43. The Bertz CT molecular complexity index is 512. The molecule has 0 bridgehead atoms. The summed E-state index contributed by atoms with van der Waals surface area (Å²) in [5.74, 6) is 6.79. The van der Waals surface area contributed by atoms with Crippen molar-refractivity contribution in [3.05, 3.63) is 11.6 Å². The molecule has 0 saturated heterocycles. The van der Waals surface area contributed by atoms with Crippen molar-refractivity contribution in [1.29, 1.82) is 0 Å². The number of hydrogen-bond donors (Lipinski definition) is 0. The Hall–Kier alpha value is -0.853. The molecule has 0 fully saturated rings. The van der Waals surface area contributed by atoms with Gasteiger partial charge in [0.1, 0.15) is 11.9 Å². The predicted octanol–water partition coefficient (Wildman–Crippen LogP) is 6.28. The first-order valence-electron chi connectivity index (χ1n) is 9.93. The van der Waals surface area contributed by atoms with Crippen LogP contribution >= 0.6 is 0 Å². The standard InChI is InChI=1S/C22H38O2Si/c1-9-10-21(15-20-13-11-19(8)12-14-22(20)23)24-25(16(2)3,17(4)5)18(6)7/h11,16-18,20-21H,12-15H2,1-8H3. The third-order valence-electron chi connectivity index (χ3n) is 5.83. The van der Waals surface area contributed by atoms with Gasteiger partial charge in [-0.15, -0.1) is 5.92 Å². The quantitative estimate of drug-likeness (QED) is 0.303. The maximum atomic E-state index is 12.5. The second-order valence-electron chi connectivity index (χ2n) is 8.50. The second-order valence-corrected chi connectivity index (χ2v) is 13.9. The third kappa shape index (κ3) is 5.56. The minimum atomic E-state index is -1.99. The van der Waals surface area contributed by atoms with Gasteiger partial charge in [0.2, 0.25) is 8.32 Å². The highest BCUT2D eigenvalue weighted by molar-refractivity contribution is 6.77. The van der Waals surface area contributed by atoms with Crippen molar-refractivity contribution in [2.24, 2.45) is 5.92 Å². The number of allylic oxidation sites excluding steroid dienone is 2. The highest BCUT2D eigenvalue weighted by atomic mass is 28.4. The molecule has 0 aliphatic heterocycles. The smallest absolute Gasteiger partial charge is 0.202 e. The van der Waals surface area contributed by atoms with Crippen LogP contribution in [0.5, 0.6) is 0 Å². The molecule has 2 nitrogen and oxygen atoms in total. The minimum absolute atomic E-state index is 0.0569. The molecule has 0 heterocycles. The van der Waals surface area contributed by atoms with E-state index < -0.39 is 8.32 Å². The summed E-state index contributed by atoms with van der Waals surface area (Å²) in [6.07, 6.45) is 5.28. The molecule has 1 aliphatic carbocycles. The summed E-state index contributed by atoms with van der Waals surface area (Å²) in [6, 6.07) is 0. The summed E-state index contributed by atoms with van der Waals surface area (Å²) >= 11 is 0. The third-order valence-corrected chi connectivity index (χ3v) is 11.9. The van der Waals surface area contributed by atoms with E-state index in [0.29, 0.717) is 28.8 Å².